The Kier molecular flexibility index (Phi) is 6.54. The van der Waals surface area contributed by atoms with Crippen LogP contribution in [0.15, 0.2) is 23.1 Å². The van der Waals surface area contributed by atoms with Crippen LogP contribution in [0.5, 0.6) is 11.5 Å². The van der Waals surface area contributed by atoms with Crippen LogP contribution in [0.3, 0.4) is 0 Å². The number of hydrogen-bond donors (Lipinski definition) is 0. The number of rotatable bonds is 7. The van der Waals surface area contributed by atoms with Crippen LogP contribution in [-0.2, 0) is 4.79 Å². The summed E-state index contributed by atoms with van der Waals surface area (Å²) in [6.45, 7) is 7.10. The largest absolute Gasteiger partial charge is 0.490 e. The van der Waals surface area contributed by atoms with Crippen LogP contribution in [0.1, 0.15) is 26.3 Å². The van der Waals surface area contributed by atoms with E-state index in [9.17, 15) is 9.59 Å². The number of amides is 2. The van der Waals surface area contributed by atoms with Gasteiger partial charge in [-0.2, -0.15) is 0 Å². The Morgan fingerprint density at radius 2 is 2.04 bits per heavy atom. The van der Waals surface area contributed by atoms with Gasteiger partial charge >= 0.3 is 0 Å². The fourth-order valence-corrected chi connectivity index (χ4v) is 2.98. The maximum Gasteiger partial charge on any atom is 0.294 e. The van der Waals surface area contributed by atoms with E-state index < -0.39 is 0 Å². The van der Waals surface area contributed by atoms with Crippen LogP contribution in [0.25, 0.3) is 6.08 Å². The van der Waals surface area contributed by atoms with Gasteiger partial charge in [-0.25, -0.2) is 0 Å². The van der Waals surface area contributed by atoms with E-state index in [1.54, 1.807) is 12.1 Å². The van der Waals surface area contributed by atoms with Crippen molar-refractivity contribution in [1.82, 2.24) is 4.90 Å². The van der Waals surface area contributed by atoms with Crippen LogP contribution in [0, 0.1) is 18.3 Å². The van der Waals surface area contributed by atoms with Crippen molar-refractivity contribution in [3.63, 3.8) is 0 Å². The molecule has 0 radical (unpaired) electrons. The summed E-state index contributed by atoms with van der Waals surface area (Å²) in [6.07, 6.45) is 6.86. The van der Waals surface area contributed by atoms with E-state index in [0.717, 1.165) is 22.2 Å². The topological polar surface area (TPSA) is 55.8 Å². The van der Waals surface area contributed by atoms with Gasteiger partial charge in [0.1, 0.15) is 0 Å². The third kappa shape index (κ3) is 4.80. The molecule has 1 fully saturated rings. The molecule has 0 aromatic heterocycles. The van der Waals surface area contributed by atoms with Crippen molar-refractivity contribution >= 4 is 29.0 Å². The number of thioether (sulfide) groups is 1. The summed E-state index contributed by atoms with van der Waals surface area (Å²) in [7, 11) is 0. The number of nitrogens with zero attached hydrogens (tertiary/aromatic N) is 1. The first-order valence-corrected chi connectivity index (χ1v) is 8.86. The first-order chi connectivity index (χ1) is 12.0. The molecule has 2 amide bonds. The Bertz CT molecular complexity index is 733. The van der Waals surface area contributed by atoms with Gasteiger partial charge in [-0.3, -0.25) is 14.5 Å². The average molecular weight is 359 g/mol. The minimum atomic E-state index is -0.369. The maximum absolute atomic E-state index is 12.2. The number of benzene rings is 1. The fraction of sp³-hybridized carbons (Fsp3) is 0.368. The second kappa shape index (κ2) is 8.63. The molecule has 5 nitrogen and oxygen atoms in total. The Hall–Kier alpha value is -2.39. The number of ether oxygens (including phenoxy) is 2. The second-order valence-corrected chi connectivity index (χ2v) is 6.81. The lowest BCUT2D eigenvalue weighted by Gasteiger charge is -2.14. The highest BCUT2D eigenvalue weighted by molar-refractivity contribution is 8.18. The summed E-state index contributed by atoms with van der Waals surface area (Å²) >= 11 is 0.885. The quantitative estimate of drug-likeness (QED) is 0.548. The van der Waals surface area contributed by atoms with Gasteiger partial charge in [0.05, 0.1) is 24.7 Å². The van der Waals surface area contributed by atoms with Gasteiger partial charge in [-0.05, 0) is 48.4 Å². The molecule has 1 heterocycles. The lowest BCUT2D eigenvalue weighted by molar-refractivity contribution is -0.122. The fourth-order valence-electron chi connectivity index (χ4n) is 2.14. The summed E-state index contributed by atoms with van der Waals surface area (Å²) in [5.41, 5.74) is 0.756. The molecule has 6 heteroatoms. The third-order valence-corrected chi connectivity index (χ3v) is 4.17. The highest BCUT2D eigenvalue weighted by atomic mass is 32.2. The van der Waals surface area contributed by atoms with Crippen molar-refractivity contribution in [2.75, 3.05) is 19.8 Å². The second-order valence-electron chi connectivity index (χ2n) is 5.82. The van der Waals surface area contributed by atoms with E-state index in [2.05, 4.69) is 19.8 Å². The smallest absolute Gasteiger partial charge is 0.294 e. The average Bonchev–Trinajstić information content (AvgIpc) is 2.82. The molecule has 1 aromatic rings. The molecule has 132 valence electrons. The van der Waals surface area contributed by atoms with Gasteiger partial charge in [-0.1, -0.05) is 25.8 Å². The van der Waals surface area contributed by atoms with Gasteiger partial charge in [0, 0.05) is 0 Å². The van der Waals surface area contributed by atoms with Gasteiger partial charge < -0.3 is 9.47 Å². The monoisotopic (exact) mass is 359 g/mol. The minimum Gasteiger partial charge on any atom is -0.490 e. The molecule has 1 saturated heterocycles. The van der Waals surface area contributed by atoms with Gasteiger partial charge in [0.2, 0.25) is 0 Å². The van der Waals surface area contributed by atoms with Gasteiger partial charge in [0.25, 0.3) is 11.1 Å². The molecule has 1 aromatic carbocycles. The van der Waals surface area contributed by atoms with Crippen molar-refractivity contribution in [3.05, 3.63) is 28.7 Å². The summed E-state index contributed by atoms with van der Waals surface area (Å²) in [4.78, 5) is 25.5. The Balaban J connectivity index is 2.25. The molecule has 1 aliphatic heterocycles. The number of carbonyl (C=O) groups excluding carboxylic acids is 2. The van der Waals surface area contributed by atoms with E-state index in [1.165, 1.54) is 0 Å². The molecule has 25 heavy (non-hydrogen) atoms. The molecule has 0 atom stereocenters. The van der Waals surface area contributed by atoms with E-state index in [-0.39, 0.29) is 17.7 Å². The summed E-state index contributed by atoms with van der Waals surface area (Å²) in [5, 5.41) is -0.351. The molecule has 0 aliphatic carbocycles. The van der Waals surface area contributed by atoms with E-state index in [0.29, 0.717) is 35.5 Å². The predicted molar refractivity (Wildman–Crippen MR) is 99.5 cm³/mol. The third-order valence-electron chi connectivity index (χ3n) is 3.26. The first kappa shape index (κ1) is 18.9. The van der Waals surface area contributed by atoms with Crippen molar-refractivity contribution in [2.45, 2.75) is 20.8 Å². The first-order valence-electron chi connectivity index (χ1n) is 8.04. The number of hydrogen-bond acceptors (Lipinski definition) is 5. The van der Waals surface area contributed by atoms with Crippen LogP contribution in [0.2, 0.25) is 0 Å². The maximum atomic E-state index is 12.2. The van der Waals surface area contributed by atoms with Gasteiger partial charge in [-0.15, -0.1) is 6.42 Å². The summed E-state index contributed by atoms with van der Waals surface area (Å²) in [5.74, 6) is 3.62. The zero-order valence-corrected chi connectivity index (χ0v) is 15.4. The molecule has 2 rings (SSSR count). The standard InChI is InChI=1S/C19H21NO4S/c1-5-9-20-18(21)17(25-19(20)22)11-14-7-8-15(24-12-13(3)4)16(10-14)23-6-2/h1,7-8,10-11,13H,6,9,12H2,2-4H3/b17-11-. The van der Waals surface area contributed by atoms with E-state index in [1.807, 2.05) is 19.1 Å². The van der Waals surface area contributed by atoms with Crippen LogP contribution in [-0.4, -0.2) is 35.8 Å². The Morgan fingerprint density at radius 3 is 2.68 bits per heavy atom. The van der Waals surface area contributed by atoms with Crippen LogP contribution in [0.4, 0.5) is 4.79 Å². The molecular weight excluding hydrogens is 338 g/mol. The Morgan fingerprint density at radius 1 is 1.28 bits per heavy atom. The number of terminal acetylenes is 1. The predicted octanol–water partition coefficient (Wildman–Crippen LogP) is 3.79. The minimum absolute atomic E-state index is 0.0197. The zero-order valence-electron chi connectivity index (χ0n) is 14.6. The van der Waals surface area contributed by atoms with Gasteiger partial charge in [0.15, 0.2) is 11.5 Å². The number of carbonyl (C=O) groups is 2. The highest BCUT2D eigenvalue weighted by Crippen LogP contribution is 2.34. The molecule has 0 unspecified atom stereocenters. The SMILES string of the molecule is C#CCN1C(=O)S/C(=C\c2ccc(OCC(C)C)c(OCC)c2)C1=O. The zero-order chi connectivity index (χ0) is 18.4. The van der Waals surface area contributed by atoms with Crippen molar-refractivity contribution in [3.8, 4) is 23.8 Å². The molecule has 0 saturated carbocycles. The van der Waals surface area contributed by atoms with Crippen molar-refractivity contribution in [2.24, 2.45) is 5.92 Å². The highest BCUT2D eigenvalue weighted by Gasteiger charge is 2.34. The normalized spacial score (nSPS) is 15.8. The van der Waals surface area contributed by atoms with Crippen molar-refractivity contribution < 1.29 is 19.1 Å². The molecule has 1 aliphatic rings. The molecular formula is C19H21NO4S. The van der Waals surface area contributed by atoms with E-state index >= 15 is 0 Å². The van der Waals surface area contributed by atoms with Crippen molar-refractivity contribution in [1.29, 1.82) is 0 Å². The molecule has 0 spiro atoms. The molecule has 0 N–H and O–H groups in total. The lowest BCUT2D eigenvalue weighted by Crippen LogP contribution is -2.28. The Labute approximate surface area is 152 Å². The summed E-state index contributed by atoms with van der Waals surface area (Å²) in [6, 6.07) is 5.44. The summed E-state index contributed by atoms with van der Waals surface area (Å²) < 4.78 is 11.4. The molecule has 0 bridgehead atoms. The number of imide groups is 1. The van der Waals surface area contributed by atoms with E-state index in [4.69, 9.17) is 15.9 Å². The lowest BCUT2D eigenvalue weighted by atomic mass is 10.1. The van der Waals surface area contributed by atoms with Crippen LogP contribution >= 0.6 is 11.8 Å². The van der Waals surface area contributed by atoms with Crippen LogP contribution < -0.4 is 9.47 Å².